The minimum absolute atomic E-state index is 0.671. The molecule has 0 radical (unpaired) electrons. The molecule has 0 aliphatic heterocycles. The Kier molecular flexibility index (Phi) is 9.44. The van der Waals surface area contributed by atoms with Crippen LogP contribution in [0.2, 0.25) is 0 Å². The van der Waals surface area contributed by atoms with Gasteiger partial charge in [-0.15, -0.1) is 0 Å². The zero-order valence-electron chi connectivity index (χ0n) is 18.9. The van der Waals surface area contributed by atoms with Gasteiger partial charge in [0.1, 0.15) is 0 Å². The lowest BCUT2D eigenvalue weighted by atomic mass is 9.77. The van der Waals surface area contributed by atoms with E-state index in [4.69, 9.17) is 4.74 Å². The van der Waals surface area contributed by atoms with Gasteiger partial charge < -0.3 is 4.74 Å². The lowest BCUT2D eigenvalue weighted by Crippen LogP contribution is -2.13. The number of ether oxygens (including phenoxy) is 1. The Morgan fingerprint density at radius 2 is 1.50 bits per heavy atom. The summed E-state index contributed by atoms with van der Waals surface area (Å²) in [6.07, 6.45) is 17.9. The molecule has 0 spiro atoms. The molecule has 0 heterocycles. The standard InChI is InChI=1S/C29H38O/c1-3-5-7-9-24-10-14-26(15-11-24)28-18-20-29(21-19-28)27-16-12-25(13-17-27)23-30-22-8-6-4-2/h3,5-6,8,12-13,16-21,24,26H,4,7,9-11,14-15,22-23H2,1-2H3. The van der Waals surface area contributed by atoms with Crippen molar-refractivity contribution in [3.8, 4) is 11.1 Å². The molecule has 3 rings (SSSR count). The maximum absolute atomic E-state index is 5.69. The Labute approximate surface area is 183 Å². The van der Waals surface area contributed by atoms with Crippen LogP contribution in [-0.2, 0) is 11.3 Å². The summed E-state index contributed by atoms with van der Waals surface area (Å²) in [5, 5.41) is 0. The van der Waals surface area contributed by atoms with E-state index in [9.17, 15) is 0 Å². The predicted octanol–water partition coefficient (Wildman–Crippen LogP) is 8.47. The topological polar surface area (TPSA) is 9.23 Å². The largest absolute Gasteiger partial charge is 0.373 e. The van der Waals surface area contributed by atoms with E-state index in [1.165, 1.54) is 60.8 Å². The van der Waals surface area contributed by atoms with E-state index in [-0.39, 0.29) is 0 Å². The van der Waals surface area contributed by atoms with Crippen LogP contribution in [0.5, 0.6) is 0 Å². The van der Waals surface area contributed by atoms with Gasteiger partial charge in [-0.3, -0.25) is 0 Å². The summed E-state index contributed by atoms with van der Waals surface area (Å²) in [4.78, 5) is 0. The Bertz CT molecular complexity index is 774. The molecule has 0 atom stereocenters. The summed E-state index contributed by atoms with van der Waals surface area (Å²) in [7, 11) is 0. The second-order valence-electron chi connectivity index (χ2n) is 8.58. The van der Waals surface area contributed by atoms with Crippen molar-refractivity contribution in [3.05, 3.63) is 84.0 Å². The lowest BCUT2D eigenvalue weighted by Gasteiger charge is -2.28. The summed E-state index contributed by atoms with van der Waals surface area (Å²) in [6, 6.07) is 18.1. The predicted molar refractivity (Wildman–Crippen MR) is 130 cm³/mol. The van der Waals surface area contributed by atoms with E-state index >= 15 is 0 Å². The molecule has 160 valence electrons. The van der Waals surface area contributed by atoms with Crippen LogP contribution in [0.15, 0.2) is 72.8 Å². The van der Waals surface area contributed by atoms with Crippen LogP contribution in [0.1, 0.15) is 75.8 Å². The van der Waals surface area contributed by atoms with Gasteiger partial charge in [0.15, 0.2) is 0 Å². The highest BCUT2D eigenvalue weighted by Crippen LogP contribution is 2.38. The maximum atomic E-state index is 5.69. The highest BCUT2D eigenvalue weighted by molar-refractivity contribution is 5.64. The average molecular weight is 403 g/mol. The highest BCUT2D eigenvalue weighted by atomic mass is 16.5. The molecule has 1 nitrogen and oxygen atoms in total. The molecule has 0 aromatic heterocycles. The fourth-order valence-electron chi connectivity index (χ4n) is 4.50. The van der Waals surface area contributed by atoms with Crippen molar-refractivity contribution in [2.75, 3.05) is 6.61 Å². The number of rotatable bonds is 10. The van der Waals surface area contributed by atoms with Gasteiger partial charge in [0.05, 0.1) is 13.2 Å². The van der Waals surface area contributed by atoms with E-state index in [1.54, 1.807) is 0 Å². The summed E-state index contributed by atoms with van der Waals surface area (Å²) in [5.41, 5.74) is 5.34. The molecule has 30 heavy (non-hydrogen) atoms. The van der Waals surface area contributed by atoms with Gasteiger partial charge in [-0.2, -0.15) is 0 Å². The van der Waals surface area contributed by atoms with Gasteiger partial charge >= 0.3 is 0 Å². The molecule has 0 N–H and O–H groups in total. The van der Waals surface area contributed by atoms with Crippen LogP contribution in [-0.4, -0.2) is 6.61 Å². The van der Waals surface area contributed by atoms with Crippen molar-refractivity contribution >= 4 is 0 Å². The van der Waals surface area contributed by atoms with Crippen molar-refractivity contribution in [1.82, 2.24) is 0 Å². The third kappa shape index (κ3) is 6.99. The summed E-state index contributed by atoms with van der Waals surface area (Å²) in [5.74, 6) is 1.68. The van der Waals surface area contributed by atoms with Crippen molar-refractivity contribution in [3.63, 3.8) is 0 Å². The van der Waals surface area contributed by atoms with E-state index in [1.807, 2.05) is 0 Å². The summed E-state index contributed by atoms with van der Waals surface area (Å²) in [6.45, 7) is 5.62. The van der Waals surface area contributed by atoms with Crippen molar-refractivity contribution < 1.29 is 4.74 Å². The maximum Gasteiger partial charge on any atom is 0.0721 e. The quantitative estimate of drug-likeness (QED) is 0.286. The zero-order chi connectivity index (χ0) is 21.0. The molecule has 1 saturated carbocycles. The molecule has 2 aromatic rings. The van der Waals surface area contributed by atoms with Crippen molar-refractivity contribution in [1.29, 1.82) is 0 Å². The molecule has 0 amide bonds. The van der Waals surface area contributed by atoms with Gasteiger partial charge in [0, 0.05) is 0 Å². The first kappa shape index (κ1) is 22.6. The molecular weight excluding hydrogens is 364 g/mol. The molecule has 1 heteroatoms. The first-order valence-electron chi connectivity index (χ1n) is 11.8. The highest BCUT2D eigenvalue weighted by Gasteiger charge is 2.21. The molecular formula is C29H38O. The molecule has 0 unspecified atom stereocenters. The van der Waals surface area contributed by atoms with Crippen molar-refractivity contribution in [2.45, 2.75) is 71.3 Å². The van der Waals surface area contributed by atoms with Crippen LogP contribution in [0.3, 0.4) is 0 Å². The van der Waals surface area contributed by atoms with E-state index in [2.05, 4.69) is 86.7 Å². The second-order valence-corrected chi connectivity index (χ2v) is 8.58. The fraction of sp³-hybridized carbons (Fsp3) is 0.448. The van der Waals surface area contributed by atoms with Crippen LogP contribution >= 0.6 is 0 Å². The average Bonchev–Trinajstić information content (AvgIpc) is 2.80. The van der Waals surface area contributed by atoms with Crippen LogP contribution in [0.4, 0.5) is 0 Å². The third-order valence-corrected chi connectivity index (χ3v) is 6.38. The Morgan fingerprint density at radius 3 is 2.13 bits per heavy atom. The SMILES string of the molecule is CC=CCCC1CCC(c2ccc(-c3ccc(COCC=CCC)cc3)cc2)CC1. The van der Waals surface area contributed by atoms with Gasteiger partial charge in [-0.1, -0.05) is 79.8 Å². The van der Waals surface area contributed by atoms with Gasteiger partial charge in [-0.05, 0) is 86.0 Å². The fourth-order valence-corrected chi connectivity index (χ4v) is 4.50. The molecule has 1 aliphatic rings. The smallest absolute Gasteiger partial charge is 0.0721 e. The summed E-state index contributed by atoms with van der Waals surface area (Å²) >= 11 is 0. The Morgan fingerprint density at radius 1 is 0.833 bits per heavy atom. The molecule has 2 aromatic carbocycles. The van der Waals surface area contributed by atoms with Crippen LogP contribution in [0.25, 0.3) is 11.1 Å². The van der Waals surface area contributed by atoms with Gasteiger partial charge in [0.2, 0.25) is 0 Å². The monoisotopic (exact) mass is 402 g/mol. The van der Waals surface area contributed by atoms with Crippen LogP contribution in [0, 0.1) is 5.92 Å². The molecule has 0 saturated heterocycles. The Balaban J connectivity index is 1.49. The number of benzene rings is 2. The normalized spacial score (nSPS) is 19.7. The number of allylic oxidation sites excluding steroid dienone is 3. The Hall–Kier alpha value is -2.12. The molecule has 1 aliphatic carbocycles. The van der Waals surface area contributed by atoms with Gasteiger partial charge in [-0.25, -0.2) is 0 Å². The third-order valence-electron chi connectivity index (χ3n) is 6.38. The first-order valence-corrected chi connectivity index (χ1v) is 11.8. The van der Waals surface area contributed by atoms with E-state index in [0.29, 0.717) is 13.2 Å². The zero-order valence-corrected chi connectivity index (χ0v) is 18.9. The van der Waals surface area contributed by atoms with Crippen LogP contribution < -0.4 is 0 Å². The van der Waals surface area contributed by atoms with Crippen molar-refractivity contribution in [2.24, 2.45) is 5.92 Å². The van der Waals surface area contributed by atoms with E-state index in [0.717, 1.165) is 18.3 Å². The summed E-state index contributed by atoms with van der Waals surface area (Å²) < 4.78 is 5.69. The number of hydrogen-bond acceptors (Lipinski definition) is 1. The molecule has 1 fully saturated rings. The second kappa shape index (κ2) is 12.5. The lowest BCUT2D eigenvalue weighted by molar-refractivity contribution is 0.148. The first-order chi connectivity index (χ1) is 14.8. The minimum Gasteiger partial charge on any atom is -0.373 e. The van der Waals surface area contributed by atoms with E-state index < -0.39 is 0 Å². The minimum atomic E-state index is 0.671. The molecule has 0 bridgehead atoms. The van der Waals surface area contributed by atoms with Gasteiger partial charge in [0.25, 0.3) is 0 Å². The number of hydrogen-bond donors (Lipinski definition) is 0.